The molecule has 2 N–H and O–H groups in total. The number of nitrogens with two attached hydrogens (primary N) is 1. The Morgan fingerprint density at radius 2 is 1.90 bits per heavy atom. The van der Waals surface area contributed by atoms with Gasteiger partial charge in [0, 0.05) is 38.8 Å². The first-order chi connectivity index (χ1) is 10.1. The first kappa shape index (κ1) is 16.0. The lowest BCUT2D eigenvalue weighted by atomic mass is 10.1. The average molecular weight is 293 g/mol. The number of ether oxygens (including phenoxy) is 1. The summed E-state index contributed by atoms with van der Waals surface area (Å²) in [7, 11) is 0. The Hall–Kier alpha value is -1.40. The van der Waals surface area contributed by atoms with E-state index in [0.29, 0.717) is 11.8 Å². The Bertz CT molecular complexity index is 432. The summed E-state index contributed by atoms with van der Waals surface area (Å²) in [5.41, 5.74) is 5.70. The van der Waals surface area contributed by atoms with Gasteiger partial charge in [-0.25, -0.2) is 9.97 Å². The van der Waals surface area contributed by atoms with Crippen LogP contribution in [0, 0.1) is 5.92 Å². The van der Waals surface area contributed by atoms with Gasteiger partial charge in [-0.1, -0.05) is 6.92 Å². The van der Waals surface area contributed by atoms with E-state index in [1.807, 2.05) is 19.9 Å². The molecule has 0 saturated carbocycles. The van der Waals surface area contributed by atoms with Crippen LogP contribution in [-0.4, -0.2) is 60.2 Å². The van der Waals surface area contributed by atoms with E-state index in [-0.39, 0.29) is 6.10 Å². The molecule has 6 heteroatoms. The van der Waals surface area contributed by atoms with Crippen molar-refractivity contribution in [3.63, 3.8) is 0 Å². The van der Waals surface area contributed by atoms with Crippen molar-refractivity contribution in [2.45, 2.75) is 26.9 Å². The second-order valence-corrected chi connectivity index (χ2v) is 6.01. The highest BCUT2D eigenvalue weighted by atomic mass is 16.5. The molecule has 1 aliphatic heterocycles. The molecular weight excluding hydrogens is 266 g/mol. The second kappa shape index (κ2) is 7.56. The van der Waals surface area contributed by atoms with Crippen LogP contribution in [0.4, 0.5) is 5.82 Å². The van der Waals surface area contributed by atoms with Crippen molar-refractivity contribution in [3.05, 3.63) is 12.4 Å². The van der Waals surface area contributed by atoms with Crippen molar-refractivity contribution >= 4 is 5.82 Å². The van der Waals surface area contributed by atoms with Crippen molar-refractivity contribution in [1.29, 1.82) is 0 Å². The van der Waals surface area contributed by atoms with Crippen molar-refractivity contribution < 1.29 is 4.74 Å². The van der Waals surface area contributed by atoms with E-state index in [1.165, 1.54) is 0 Å². The van der Waals surface area contributed by atoms with Crippen molar-refractivity contribution in [3.8, 4) is 5.88 Å². The number of nitrogens with zero attached hydrogens (tertiary/aromatic N) is 4. The molecule has 0 aromatic carbocycles. The molecule has 0 spiro atoms. The monoisotopic (exact) mass is 293 g/mol. The predicted molar refractivity (Wildman–Crippen MR) is 84.7 cm³/mol. The summed E-state index contributed by atoms with van der Waals surface area (Å²) in [4.78, 5) is 13.3. The third-order valence-electron chi connectivity index (χ3n) is 3.65. The predicted octanol–water partition coefficient (Wildman–Crippen LogP) is 0.981. The molecule has 1 atom stereocenters. The van der Waals surface area contributed by atoms with E-state index in [1.54, 1.807) is 6.33 Å². The van der Waals surface area contributed by atoms with Gasteiger partial charge in [0.15, 0.2) is 0 Å². The van der Waals surface area contributed by atoms with Gasteiger partial charge in [0.2, 0.25) is 5.88 Å². The number of anilines is 1. The molecule has 6 nitrogen and oxygen atoms in total. The molecular formula is C15H27N5O. The van der Waals surface area contributed by atoms with Gasteiger partial charge in [-0.3, -0.25) is 4.90 Å². The van der Waals surface area contributed by atoms with Crippen LogP contribution < -0.4 is 15.4 Å². The Morgan fingerprint density at radius 3 is 2.52 bits per heavy atom. The topological polar surface area (TPSA) is 67.5 Å². The van der Waals surface area contributed by atoms with Crippen LogP contribution in [-0.2, 0) is 0 Å². The SMILES string of the molecule is CC(CN)CN1CCN(c2cc(OC(C)C)ncn2)CC1. The van der Waals surface area contributed by atoms with Crippen LogP contribution in [0.3, 0.4) is 0 Å². The van der Waals surface area contributed by atoms with Gasteiger partial charge in [-0.2, -0.15) is 0 Å². The van der Waals surface area contributed by atoms with Crippen LogP contribution in [0.5, 0.6) is 5.88 Å². The minimum absolute atomic E-state index is 0.127. The molecule has 118 valence electrons. The molecule has 0 radical (unpaired) electrons. The molecule has 2 heterocycles. The zero-order chi connectivity index (χ0) is 15.2. The largest absolute Gasteiger partial charge is 0.475 e. The van der Waals surface area contributed by atoms with Crippen LogP contribution in [0.1, 0.15) is 20.8 Å². The molecule has 0 bridgehead atoms. The average Bonchev–Trinajstić information content (AvgIpc) is 2.47. The lowest BCUT2D eigenvalue weighted by Crippen LogP contribution is -2.48. The van der Waals surface area contributed by atoms with Gasteiger partial charge in [0.1, 0.15) is 12.1 Å². The molecule has 1 fully saturated rings. The van der Waals surface area contributed by atoms with Gasteiger partial charge in [-0.05, 0) is 26.3 Å². The first-order valence-corrected chi connectivity index (χ1v) is 7.74. The zero-order valence-corrected chi connectivity index (χ0v) is 13.3. The standard InChI is InChI=1S/C15H27N5O/c1-12(2)21-15-8-14(17-11-18-15)20-6-4-19(5-7-20)10-13(3)9-16/h8,11-13H,4-7,9-10,16H2,1-3H3. The fraction of sp³-hybridized carbons (Fsp3) is 0.733. The van der Waals surface area contributed by atoms with Crippen molar-refractivity contribution in [1.82, 2.24) is 14.9 Å². The summed E-state index contributed by atoms with van der Waals surface area (Å²) < 4.78 is 5.63. The number of hydrogen-bond acceptors (Lipinski definition) is 6. The maximum atomic E-state index is 5.70. The Kier molecular flexibility index (Phi) is 5.76. The van der Waals surface area contributed by atoms with Gasteiger partial charge < -0.3 is 15.4 Å². The van der Waals surface area contributed by atoms with E-state index in [9.17, 15) is 0 Å². The summed E-state index contributed by atoms with van der Waals surface area (Å²) >= 11 is 0. The minimum atomic E-state index is 0.127. The van der Waals surface area contributed by atoms with E-state index < -0.39 is 0 Å². The van der Waals surface area contributed by atoms with Crippen molar-refractivity contribution in [2.24, 2.45) is 11.7 Å². The van der Waals surface area contributed by atoms with Gasteiger partial charge >= 0.3 is 0 Å². The molecule has 1 aliphatic rings. The van der Waals surface area contributed by atoms with Crippen LogP contribution >= 0.6 is 0 Å². The smallest absolute Gasteiger partial charge is 0.218 e. The number of aromatic nitrogens is 2. The minimum Gasteiger partial charge on any atom is -0.475 e. The summed E-state index contributed by atoms with van der Waals surface area (Å²) in [6, 6.07) is 1.93. The number of hydrogen-bond donors (Lipinski definition) is 1. The fourth-order valence-electron chi connectivity index (χ4n) is 2.48. The molecule has 1 saturated heterocycles. The van der Waals surface area contributed by atoms with Crippen LogP contribution in [0.15, 0.2) is 12.4 Å². The molecule has 1 unspecified atom stereocenters. The lowest BCUT2D eigenvalue weighted by molar-refractivity contribution is 0.225. The second-order valence-electron chi connectivity index (χ2n) is 6.01. The molecule has 2 rings (SSSR count). The van der Waals surface area contributed by atoms with Crippen LogP contribution in [0.25, 0.3) is 0 Å². The quantitative estimate of drug-likeness (QED) is 0.843. The summed E-state index contributed by atoms with van der Waals surface area (Å²) in [6.45, 7) is 12.1. The lowest BCUT2D eigenvalue weighted by Gasteiger charge is -2.36. The highest BCUT2D eigenvalue weighted by Gasteiger charge is 2.19. The highest BCUT2D eigenvalue weighted by Crippen LogP contribution is 2.18. The summed E-state index contributed by atoms with van der Waals surface area (Å²) in [6.07, 6.45) is 1.71. The van der Waals surface area contributed by atoms with E-state index in [0.717, 1.165) is 45.1 Å². The van der Waals surface area contributed by atoms with Crippen molar-refractivity contribution in [2.75, 3.05) is 44.2 Å². The molecule has 1 aromatic rings. The van der Waals surface area contributed by atoms with Gasteiger partial charge in [-0.15, -0.1) is 0 Å². The van der Waals surface area contributed by atoms with Gasteiger partial charge in [0.25, 0.3) is 0 Å². The molecule has 21 heavy (non-hydrogen) atoms. The van der Waals surface area contributed by atoms with Gasteiger partial charge in [0.05, 0.1) is 6.10 Å². The fourth-order valence-corrected chi connectivity index (χ4v) is 2.48. The molecule has 0 amide bonds. The molecule has 0 aliphatic carbocycles. The van der Waals surface area contributed by atoms with E-state index in [4.69, 9.17) is 10.5 Å². The molecule has 1 aromatic heterocycles. The summed E-state index contributed by atoms with van der Waals surface area (Å²) in [5.74, 6) is 2.16. The third-order valence-corrected chi connectivity index (χ3v) is 3.65. The van der Waals surface area contributed by atoms with E-state index in [2.05, 4.69) is 26.7 Å². The third kappa shape index (κ3) is 4.82. The van der Waals surface area contributed by atoms with E-state index >= 15 is 0 Å². The Balaban J connectivity index is 1.90. The van der Waals surface area contributed by atoms with Crippen LogP contribution in [0.2, 0.25) is 0 Å². The number of piperazine rings is 1. The highest BCUT2D eigenvalue weighted by molar-refractivity contribution is 5.41. The maximum Gasteiger partial charge on any atom is 0.218 e. The summed E-state index contributed by atoms with van der Waals surface area (Å²) in [5, 5.41) is 0. The Labute approximate surface area is 127 Å². The maximum absolute atomic E-state index is 5.70. The normalized spacial score (nSPS) is 18.0. The Morgan fingerprint density at radius 1 is 1.19 bits per heavy atom. The first-order valence-electron chi connectivity index (χ1n) is 7.74. The zero-order valence-electron chi connectivity index (χ0n) is 13.3. The number of rotatable bonds is 6.